The van der Waals surface area contributed by atoms with Gasteiger partial charge in [0, 0.05) is 10.2 Å². The molecular formula is C14H12BrNO2. The lowest BCUT2D eigenvalue weighted by Crippen LogP contribution is -2.12. The minimum absolute atomic E-state index is 0.189. The van der Waals surface area contributed by atoms with E-state index in [0.29, 0.717) is 11.3 Å². The molecule has 0 heterocycles. The first-order valence-corrected chi connectivity index (χ1v) is 6.20. The van der Waals surface area contributed by atoms with Crippen molar-refractivity contribution in [3.63, 3.8) is 0 Å². The van der Waals surface area contributed by atoms with Crippen LogP contribution in [-0.4, -0.2) is 13.0 Å². The number of methoxy groups -OCH3 is 1. The Kier molecular flexibility index (Phi) is 3.99. The minimum Gasteiger partial charge on any atom is -0.496 e. The van der Waals surface area contributed by atoms with Crippen molar-refractivity contribution in [1.29, 1.82) is 0 Å². The van der Waals surface area contributed by atoms with Gasteiger partial charge in [-0.3, -0.25) is 4.79 Å². The molecule has 18 heavy (non-hydrogen) atoms. The van der Waals surface area contributed by atoms with Gasteiger partial charge in [-0.15, -0.1) is 0 Å². The topological polar surface area (TPSA) is 38.3 Å². The summed E-state index contributed by atoms with van der Waals surface area (Å²) in [5, 5.41) is 2.82. The van der Waals surface area contributed by atoms with Crippen LogP contribution in [0.15, 0.2) is 53.0 Å². The number of amides is 1. The number of carbonyl (C=O) groups is 1. The molecule has 0 spiro atoms. The summed E-state index contributed by atoms with van der Waals surface area (Å²) >= 11 is 3.36. The van der Waals surface area contributed by atoms with E-state index in [1.165, 1.54) is 0 Å². The Morgan fingerprint density at radius 1 is 1.17 bits per heavy atom. The van der Waals surface area contributed by atoms with Crippen molar-refractivity contribution in [3.8, 4) is 5.75 Å². The zero-order valence-electron chi connectivity index (χ0n) is 9.81. The average Bonchev–Trinajstić information content (AvgIpc) is 2.38. The van der Waals surface area contributed by atoms with E-state index in [9.17, 15) is 4.79 Å². The van der Waals surface area contributed by atoms with Crippen molar-refractivity contribution < 1.29 is 9.53 Å². The monoisotopic (exact) mass is 305 g/mol. The molecule has 0 atom stereocenters. The van der Waals surface area contributed by atoms with E-state index in [4.69, 9.17) is 4.74 Å². The summed E-state index contributed by atoms with van der Waals surface area (Å²) in [5.74, 6) is 0.371. The van der Waals surface area contributed by atoms with Crippen molar-refractivity contribution in [2.75, 3.05) is 12.4 Å². The summed E-state index contributed by atoms with van der Waals surface area (Å²) in [4.78, 5) is 12.1. The van der Waals surface area contributed by atoms with Gasteiger partial charge in [0.25, 0.3) is 5.91 Å². The lowest BCUT2D eigenvalue weighted by molar-refractivity contribution is 0.102. The van der Waals surface area contributed by atoms with Crippen LogP contribution in [0.5, 0.6) is 5.75 Å². The van der Waals surface area contributed by atoms with E-state index in [2.05, 4.69) is 21.2 Å². The quantitative estimate of drug-likeness (QED) is 0.939. The van der Waals surface area contributed by atoms with Gasteiger partial charge in [-0.25, -0.2) is 0 Å². The van der Waals surface area contributed by atoms with Crippen LogP contribution in [0, 0.1) is 0 Å². The van der Waals surface area contributed by atoms with Crippen LogP contribution >= 0.6 is 15.9 Å². The molecule has 0 radical (unpaired) electrons. The lowest BCUT2D eigenvalue weighted by Gasteiger charge is -2.09. The van der Waals surface area contributed by atoms with Crippen LogP contribution in [-0.2, 0) is 0 Å². The van der Waals surface area contributed by atoms with Crippen LogP contribution in [0.1, 0.15) is 10.4 Å². The summed E-state index contributed by atoms with van der Waals surface area (Å²) < 4.78 is 6.07. The fraction of sp³-hybridized carbons (Fsp3) is 0.0714. The molecule has 0 aliphatic rings. The molecule has 1 amide bonds. The minimum atomic E-state index is -0.189. The number of rotatable bonds is 3. The fourth-order valence-electron chi connectivity index (χ4n) is 1.60. The Hall–Kier alpha value is -1.81. The molecule has 0 aliphatic heterocycles. The maximum absolute atomic E-state index is 12.1. The summed E-state index contributed by atoms with van der Waals surface area (Å²) in [6, 6.07) is 14.6. The van der Waals surface area contributed by atoms with E-state index in [1.807, 2.05) is 30.3 Å². The Bertz CT molecular complexity index is 569. The van der Waals surface area contributed by atoms with Crippen LogP contribution < -0.4 is 10.1 Å². The van der Waals surface area contributed by atoms with Gasteiger partial charge in [-0.2, -0.15) is 0 Å². The molecule has 1 N–H and O–H groups in total. The molecule has 3 nitrogen and oxygen atoms in total. The number of hydrogen-bond acceptors (Lipinski definition) is 2. The SMILES string of the molecule is COc1ccccc1C(=O)Nc1cccc(Br)c1. The largest absolute Gasteiger partial charge is 0.496 e. The molecular weight excluding hydrogens is 294 g/mol. The second kappa shape index (κ2) is 5.69. The molecule has 92 valence electrons. The number of nitrogens with one attached hydrogen (secondary N) is 1. The van der Waals surface area contributed by atoms with Gasteiger partial charge in [-0.1, -0.05) is 34.1 Å². The van der Waals surface area contributed by atoms with Crippen molar-refractivity contribution in [2.45, 2.75) is 0 Å². The highest BCUT2D eigenvalue weighted by molar-refractivity contribution is 9.10. The standard InChI is InChI=1S/C14H12BrNO2/c1-18-13-8-3-2-7-12(13)14(17)16-11-6-4-5-10(15)9-11/h2-9H,1H3,(H,16,17). The predicted octanol–water partition coefficient (Wildman–Crippen LogP) is 3.71. The highest BCUT2D eigenvalue weighted by atomic mass is 79.9. The van der Waals surface area contributed by atoms with Crippen LogP contribution in [0.3, 0.4) is 0 Å². The number of para-hydroxylation sites is 1. The smallest absolute Gasteiger partial charge is 0.259 e. The number of carbonyl (C=O) groups excluding carboxylic acids is 1. The summed E-state index contributed by atoms with van der Waals surface area (Å²) in [7, 11) is 1.55. The van der Waals surface area contributed by atoms with Gasteiger partial charge in [-0.05, 0) is 30.3 Å². The van der Waals surface area contributed by atoms with Gasteiger partial charge in [0.2, 0.25) is 0 Å². The summed E-state index contributed by atoms with van der Waals surface area (Å²) in [6.45, 7) is 0. The van der Waals surface area contributed by atoms with E-state index >= 15 is 0 Å². The average molecular weight is 306 g/mol. The van der Waals surface area contributed by atoms with Crippen LogP contribution in [0.25, 0.3) is 0 Å². The molecule has 0 saturated heterocycles. The zero-order chi connectivity index (χ0) is 13.0. The normalized spacial score (nSPS) is 9.89. The first kappa shape index (κ1) is 12.6. The van der Waals surface area contributed by atoms with Crippen molar-refractivity contribution in [1.82, 2.24) is 0 Å². The third-order valence-electron chi connectivity index (χ3n) is 2.43. The molecule has 2 rings (SSSR count). The molecule has 2 aromatic rings. The molecule has 2 aromatic carbocycles. The second-order valence-corrected chi connectivity index (χ2v) is 4.58. The summed E-state index contributed by atoms with van der Waals surface area (Å²) in [5.41, 5.74) is 1.25. The summed E-state index contributed by atoms with van der Waals surface area (Å²) in [6.07, 6.45) is 0. The van der Waals surface area contributed by atoms with Gasteiger partial charge < -0.3 is 10.1 Å². The molecule has 0 fully saturated rings. The maximum atomic E-state index is 12.1. The lowest BCUT2D eigenvalue weighted by atomic mass is 10.2. The van der Waals surface area contributed by atoms with Crippen molar-refractivity contribution >= 4 is 27.5 Å². The molecule has 0 unspecified atom stereocenters. The molecule has 0 saturated carbocycles. The molecule has 0 aliphatic carbocycles. The Balaban J connectivity index is 2.22. The first-order valence-electron chi connectivity index (χ1n) is 5.40. The van der Waals surface area contributed by atoms with E-state index in [1.54, 1.807) is 25.3 Å². The van der Waals surface area contributed by atoms with Crippen molar-refractivity contribution in [3.05, 3.63) is 58.6 Å². The highest BCUT2D eigenvalue weighted by Crippen LogP contribution is 2.20. The van der Waals surface area contributed by atoms with Crippen LogP contribution in [0.4, 0.5) is 5.69 Å². The Morgan fingerprint density at radius 2 is 1.94 bits per heavy atom. The third kappa shape index (κ3) is 2.90. The van der Waals surface area contributed by atoms with Gasteiger partial charge in [0.1, 0.15) is 5.75 Å². The first-order chi connectivity index (χ1) is 8.70. The molecule has 0 aromatic heterocycles. The van der Waals surface area contributed by atoms with E-state index < -0.39 is 0 Å². The van der Waals surface area contributed by atoms with Gasteiger partial charge >= 0.3 is 0 Å². The number of hydrogen-bond donors (Lipinski definition) is 1. The van der Waals surface area contributed by atoms with E-state index in [0.717, 1.165) is 10.2 Å². The number of anilines is 1. The number of ether oxygens (including phenoxy) is 1. The van der Waals surface area contributed by atoms with Gasteiger partial charge in [0.05, 0.1) is 12.7 Å². The Labute approximate surface area is 114 Å². The second-order valence-electron chi connectivity index (χ2n) is 3.66. The number of benzene rings is 2. The maximum Gasteiger partial charge on any atom is 0.259 e. The van der Waals surface area contributed by atoms with Crippen LogP contribution in [0.2, 0.25) is 0 Å². The third-order valence-corrected chi connectivity index (χ3v) is 2.93. The fourth-order valence-corrected chi connectivity index (χ4v) is 2.00. The molecule has 0 bridgehead atoms. The Morgan fingerprint density at radius 3 is 2.67 bits per heavy atom. The van der Waals surface area contributed by atoms with Gasteiger partial charge in [0.15, 0.2) is 0 Å². The van der Waals surface area contributed by atoms with Crippen molar-refractivity contribution in [2.24, 2.45) is 0 Å². The highest BCUT2D eigenvalue weighted by Gasteiger charge is 2.11. The number of halogens is 1. The zero-order valence-corrected chi connectivity index (χ0v) is 11.4. The molecule has 4 heteroatoms. The van der Waals surface area contributed by atoms with E-state index in [-0.39, 0.29) is 5.91 Å². The predicted molar refractivity (Wildman–Crippen MR) is 75.1 cm³/mol.